The fraction of sp³-hybridized carbons (Fsp3) is 0.333. The summed E-state index contributed by atoms with van der Waals surface area (Å²) in [6, 6.07) is 7.38. The summed E-state index contributed by atoms with van der Waals surface area (Å²) in [5.41, 5.74) is 1.53. The van der Waals surface area contributed by atoms with E-state index in [0.29, 0.717) is 37.0 Å². The predicted octanol–water partition coefficient (Wildman–Crippen LogP) is 1.82. The van der Waals surface area contributed by atoms with Crippen molar-refractivity contribution in [3.8, 4) is 17.1 Å². The zero-order valence-corrected chi connectivity index (χ0v) is 15.5. The Hall–Kier alpha value is -3.40. The van der Waals surface area contributed by atoms with Crippen LogP contribution in [0.25, 0.3) is 11.4 Å². The third-order valence-electron chi connectivity index (χ3n) is 4.58. The molecule has 2 aromatic heterocycles. The summed E-state index contributed by atoms with van der Waals surface area (Å²) in [4.78, 5) is 20.7. The Morgan fingerprint density at radius 3 is 2.71 bits per heavy atom. The lowest BCUT2D eigenvalue weighted by Crippen LogP contribution is -2.49. The van der Waals surface area contributed by atoms with Crippen LogP contribution in [0.1, 0.15) is 5.89 Å². The molecule has 0 spiro atoms. The second-order valence-electron chi connectivity index (χ2n) is 6.42. The molecule has 1 saturated heterocycles. The van der Waals surface area contributed by atoms with Gasteiger partial charge in [-0.1, -0.05) is 5.16 Å². The average Bonchev–Trinajstić information content (AvgIpc) is 3.41. The molecule has 2 amide bonds. The molecule has 10 heteroatoms. The van der Waals surface area contributed by atoms with Crippen molar-refractivity contribution in [2.75, 3.05) is 38.6 Å². The van der Waals surface area contributed by atoms with Gasteiger partial charge in [-0.2, -0.15) is 10.1 Å². The molecule has 0 saturated carbocycles. The second-order valence-corrected chi connectivity index (χ2v) is 6.42. The van der Waals surface area contributed by atoms with E-state index in [4.69, 9.17) is 9.26 Å². The van der Waals surface area contributed by atoms with Crippen LogP contribution < -0.4 is 10.1 Å². The molecule has 1 fully saturated rings. The van der Waals surface area contributed by atoms with Gasteiger partial charge >= 0.3 is 6.03 Å². The maximum Gasteiger partial charge on any atom is 0.322 e. The first-order valence-corrected chi connectivity index (χ1v) is 8.95. The number of amides is 2. The Morgan fingerprint density at radius 2 is 2.04 bits per heavy atom. The molecular formula is C18H21N7O3. The van der Waals surface area contributed by atoms with Gasteiger partial charge < -0.3 is 19.5 Å². The summed E-state index contributed by atoms with van der Waals surface area (Å²) < 4.78 is 10.5. The van der Waals surface area contributed by atoms with Crippen LogP contribution >= 0.6 is 0 Å². The van der Waals surface area contributed by atoms with E-state index in [0.717, 1.165) is 24.4 Å². The smallest absolute Gasteiger partial charge is 0.322 e. The van der Waals surface area contributed by atoms with Crippen molar-refractivity contribution < 1.29 is 14.1 Å². The van der Waals surface area contributed by atoms with E-state index in [-0.39, 0.29) is 6.03 Å². The standard InChI is InChI=1S/C18H21N7O3/c1-27-15-4-2-13(3-5-15)17-22-16(28-23-17)12-24-6-8-25(9-7-24)18(26)21-14-10-19-20-11-14/h2-5,10-11H,6-9,12H2,1H3,(H,19,20)(H,21,26). The first-order valence-electron chi connectivity index (χ1n) is 8.95. The average molecular weight is 383 g/mol. The summed E-state index contributed by atoms with van der Waals surface area (Å²) >= 11 is 0. The number of piperazine rings is 1. The Morgan fingerprint density at radius 1 is 1.25 bits per heavy atom. The number of aromatic nitrogens is 4. The van der Waals surface area contributed by atoms with Crippen LogP contribution in [0.2, 0.25) is 0 Å². The summed E-state index contributed by atoms with van der Waals surface area (Å²) in [5, 5.41) is 13.4. The fourth-order valence-corrected chi connectivity index (χ4v) is 3.00. The number of carbonyl (C=O) groups is 1. The molecule has 2 N–H and O–H groups in total. The number of benzene rings is 1. The van der Waals surface area contributed by atoms with Crippen LogP contribution in [0.4, 0.5) is 10.5 Å². The number of urea groups is 1. The van der Waals surface area contributed by atoms with Crippen LogP contribution in [0.15, 0.2) is 41.2 Å². The van der Waals surface area contributed by atoms with Gasteiger partial charge in [0.2, 0.25) is 11.7 Å². The number of rotatable bonds is 5. The van der Waals surface area contributed by atoms with E-state index in [9.17, 15) is 4.79 Å². The molecule has 10 nitrogen and oxygen atoms in total. The minimum atomic E-state index is -0.124. The molecule has 0 radical (unpaired) electrons. The highest BCUT2D eigenvalue weighted by Crippen LogP contribution is 2.20. The molecule has 1 aromatic carbocycles. The number of anilines is 1. The number of hydrogen-bond acceptors (Lipinski definition) is 7. The zero-order valence-electron chi connectivity index (χ0n) is 15.5. The monoisotopic (exact) mass is 383 g/mol. The molecular weight excluding hydrogens is 362 g/mol. The highest BCUT2D eigenvalue weighted by atomic mass is 16.5. The minimum Gasteiger partial charge on any atom is -0.497 e. The van der Waals surface area contributed by atoms with Gasteiger partial charge in [-0.25, -0.2) is 4.79 Å². The highest BCUT2D eigenvalue weighted by molar-refractivity contribution is 5.89. The number of hydrogen-bond donors (Lipinski definition) is 2. The van der Waals surface area contributed by atoms with E-state index in [2.05, 4.69) is 30.6 Å². The van der Waals surface area contributed by atoms with Crippen LogP contribution in [0.5, 0.6) is 5.75 Å². The van der Waals surface area contributed by atoms with E-state index in [1.807, 2.05) is 24.3 Å². The van der Waals surface area contributed by atoms with E-state index in [1.54, 1.807) is 24.4 Å². The van der Waals surface area contributed by atoms with Gasteiger partial charge in [0.25, 0.3) is 0 Å². The third-order valence-corrected chi connectivity index (χ3v) is 4.58. The molecule has 0 aliphatic carbocycles. The summed E-state index contributed by atoms with van der Waals surface area (Å²) in [5.74, 6) is 1.89. The zero-order chi connectivity index (χ0) is 19.3. The van der Waals surface area contributed by atoms with Gasteiger partial charge in [-0.05, 0) is 24.3 Å². The molecule has 1 aliphatic rings. The maximum atomic E-state index is 12.2. The predicted molar refractivity (Wildman–Crippen MR) is 101 cm³/mol. The largest absolute Gasteiger partial charge is 0.497 e. The van der Waals surface area contributed by atoms with Gasteiger partial charge in [0.15, 0.2) is 0 Å². The van der Waals surface area contributed by atoms with Gasteiger partial charge in [0.1, 0.15) is 5.75 Å². The normalized spacial score (nSPS) is 14.8. The Bertz CT molecular complexity index is 900. The quantitative estimate of drug-likeness (QED) is 0.691. The molecule has 28 heavy (non-hydrogen) atoms. The molecule has 3 heterocycles. The number of nitrogens with one attached hydrogen (secondary N) is 2. The summed E-state index contributed by atoms with van der Waals surface area (Å²) in [6.45, 7) is 3.28. The van der Waals surface area contributed by atoms with E-state index in [1.165, 1.54) is 0 Å². The number of methoxy groups -OCH3 is 1. The number of H-pyrrole nitrogens is 1. The lowest BCUT2D eigenvalue weighted by atomic mass is 10.2. The van der Waals surface area contributed by atoms with Crippen molar-refractivity contribution in [3.05, 3.63) is 42.5 Å². The SMILES string of the molecule is COc1ccc(-c2noc(CN3CCN(C(=O)Nc4cn[nH]c4)CC3)n2)cc1. The summed E-state index contributed by atoms with van der Waals surface area (Å²) in [6.07, 6.45) is 3.22. The Kier molecular flexibility index (Phi) is 5.20. The first kappa shape index (κ1) is 18.0. The van der Waals surface area contributed by atoms with Crippen molar-refractivity contribution in [1.82, 2.24) is 30.1 Å². The maximum absolute atomic E-state index is 12.2. The number of carbonyl (C=O) groups excluding carboxylic acids is 1. The minimum absolute atomic E-state index is 0.124. The highest BCUT2D eigenvalue weighted by Gasteiger charge is 2.23. The van der Waals surface area contributed by atoms with Crippen LogP contribution in [0, 0.1) is 0 Å². The number of nitrogens with zero attached hydrogens (tertiary/aromatic N) is 5. The third kappa shape index (κ3) is 4.12. The van der Waals surface area contributed by atoms with Crippen LogP contribution in [0.3, 0.4) is 0 Å². The van der Waals surface area contributed by atoms with Crippen molar-refractivity contribution >= 4 is 11.7 Å². The molecule has 4 rings (SSSR count). The van der Waals surface area contributed by atoms with Crippen molar-refractivity contribution in [2.24, 2.45) is 0 Å². The first-order chi connectivity index (χ1) is 13.7. The number of ether oxygens (including phenoxy) is 1. The van der Waals surface area contributed by atoms with Crippen LogP contribution in [-0.2, 0) is 6.54 Å². The van der Waals surface area contributed by atoms with Crippen LogP contribution in [-0.4, -0.2) is 69.5 Å². The Balaban J connectivity index is 1.29. The van der Waals surface area contributed by atoms with Gasteiger partial charge in [0.05, 0.1) is 25.5 Å². The van der Waals surface area contributed by atoms with Gasteiger partial charge in [-0.3, -0.25) is 10.00 Å². The van der Waals surface area contributed by atoms with Gasteiger partial charge in [-0.15, -0.1) is 0 Å². The molecule has 0 bridgehead atoms. The van der Waals surface area contributed by atoms with Crippen molar-refractivity contribution in [1.29, 1.82) is 0 Å². The number of aromatic amines is 1. The van der Waals surface area contributed by atoms with E-state index < -0.39 is 0 Å². The van der Waals surface area contributed by atoms with Crippen molar-refractivity contribution in [3.63, 3.8) is 0 Å². The lowest BCUT2D eigenvalue weighted by molar-refractivity contribution is 0.133. The molecule has 0 atom stereocenters. The lowest BCUT2D eigenvalue weighted by Gasteiger charge is -2.33. The molecule has 0 unspecified atom stereocenters. The topological polar surface area (TPSA) is 112 Å². The van der Waals surface area contributed by atoms with Gasteiger partial charge in [0, 0.05) is 37.9 Å². The molecule has 1 aliphatic heterocycles. The van der Waals surface area contributed by atoms with E-state index >= 15 is 0 Å². The Labute approximate surface area is 161 Å². The summed E-state index contributed by atoms with van der Waals surface area (Å²) in [7, 11) is 1.63. The second kappa shape index (κ2) is 8.09. The molecule has 146 valence electrons. The van der Waals surface area contributed by atoms with Crippen molar-refractivity contribution in [2.45, 2.75) is 6.54 Å². The fourth-order valence-electron chi connectivity index (χ4n) is 3.00. The molecule has 3 aromatic rings.